The highest BCUT2D eigenvalue weighted by Gasteiger charge is 2.24. The highest BCUT2D eigenvalue weighted by Crippen LogP contribution is 2.31. The maximum Gasteiger partial charge on any atom is 0.00672 e. The van der Waals surface area contributed by atoms with Gasteiger partial charge in [0.1, 0.15) is 0 Å². The van der Waals surface area contributed by atoms with Crippen LogP contribution in [-0.2, 0) is 0 Å². The number of nitrogens with one attached hydrogen (secondary N) is 1. The summed E-state index contributed by atoms with van der Waals surface area (Å²) in [5, 5.41) is 3.92. The van der Waals surface area contributed by atoms with Crippen LogP contribution in [0, 0.1) is 23.7 Å². The van der Waals surface area contributed by atoms with Gasteiger partial charge in [0.2, 0.25) is 0 Å². The summed E-state index contributed by atoms with van der Waals surface area (Å²) in [5.41, 5.74) is 0. The van der Waals surface area contributed by atoms with Gasteiger partial charge in [0.25, 0.3) is 0 Å². The molecule has 0 aliphatic heterocycles. The Labute approximate surface area is 120 Å². The molecule has 0 aromatic rings. The minimum atomic E-state index is 0.817. The van der Waals surface area contributed by atoms with Gasteiger partial charge in [-0.1, -0.05) is 52.9 Å². The molecule has 4 atom stereocenters. The molecule has 0 radical (unpaired) electrons. The smallest absolute Gasteiger partial charge is 0.00672 e. The topological polar surface area (TPSA) is 12.0 Å². The quantitative estimate of drug-likeness (QED) is 0.705. The van der Waals surface area contributed by atoms with Gasteiger partial charge in [0.05, 0.1) is 0 Å². The molecule has 4 unspecified atom stereocenters. The average molecular weight is 265 g/mol. The van der Waals surface area contributed by atoms with Gasteiger partial charge in [-0.15, -0.1) is 0 Å². The lowest BCUT2D eigenvalue weighted by Crippen LogP contribution is -2.36. The lowest BCUT2D eigenvalue weighted by molar-refractivity contribution is 0.237. The molecule has 19 heavy (non-hydrogen) atoms. The van der Waals surface area contributed by atoms with Gasteiger partial charge in [-0.3, -0.25) is 0 Å². The zero-order chi connectivity index (χ0) is 13.7. The fraction of sp³-hybridized carbons (Fsp3) is 1.00. The molecule has 2 rings (SSSR count). The molecule has 1 N–H and O–H groups in total. The molecule has 2 aliphatic carbocycles. The lowest BCUT2D eigenvalue weighted by Gasteiger charge is -2.30. The second-order valence-corrected chi connectivity index (χ2v) is 7.64. The van der Waals surface area contributed by atoms with Crippen LogP contribution in [-0.4, -0.2) is 12.6 Å². The van der Waals surface area contributed by atoms with Gasteiger partial charge < -0.3 is 5.32 Å². The molecule has 2 fully saturated rings. The van der Waals surface area contributed by atoms with E-state index in [0.717, 1.165) is 29.7 Å². The fourth-order valence-corrected chi connectivity index (χ4v) is 4.22. The van der Waals surface area contributed by atoms with Crippen LogP contribution in [0.1, 0.15) is 78.6 Å². The predicted molar refractivity (Wildman–Crippen MR) is 84.3 cm³/mol. The SMILES string of the molecule is CC(C)C1CCCC(NCC2CCCCC2C)CC1. The summed E-state index contributed by atoms with van der Waals surface area (Å²) in [7, 11) is 0. The molecular weight excluding hydrogens is 230 g/mol. The molecule has 0 amide bonds. The van der Waals surface area contributed by atoms with Crippen molar-refractivity contribution < 1.29 is 0 Å². The maximum absolute atomic E-state index is 3.92. The van der Waals surface area contributed by atoms with Gasteiger partial charge in [-0.25, -0.2) is 0 Å². The molecule has 0 spiro atoms. The summed E-state index contributed by atoms with van der Waals surface area (Å²) in [6.07, 6.45) is 13.1. The molecule has 0 bridgehead atoms. The van der Waals surface area contributed by atoms with Crippen LogP contribution >= 0.6 is 0 Å². The summed E-state index contributed by atoms with van der Waals surface area (Å²) in [5.74, 6) is 3.78. The molecule has 0 saturated heterocycles. The number of hydrogen-bond acceptors (Lipinski definition) is 1. The standard InChI is InChI=1S/C18H35N/c1-14(2)16-9-6-10-18(12-11-16)19-13-17-8-5-4-7-15(17)3/h14-19H,4-13H2,1-3H3. The minimum Gasteiger partial charge on any atom is -0.314 e. The Morgan fingerprint density at radius 3 is 2.42 bits per heavy atom. The largest absolute Gasteiger partial charge is 0.314 e. The Balaban J connectivity index is 1.71. The Bertz CT molecular complexity index is 248. The van der Waals surface area contributed by atoms with Crippen molar-refractivity contribution in [3.05, 3.63) is 0 Å². The molecule has 0 aromatic carbocycles. The number of rotatable bonds is 4. The van der Waals surface area contributed by atoms with Crippen molar-refractivity contribution in [1.29, 1.82) is 0 Å². The van der Waals surface area contributed by atoms with Crippen molar-refractivity contribution in [2.75, 3.05) is 6.54 Å². The molecule has 2 aliphatic rings. The minimum absolute atomic E-state index is 0.817. The van der Waals surface area contributed by atoms with E-state index in [1.807, 2.05) is 0 Å². The van der Waals surface area contributed by atoms with Crippen molar-refractivity contribution in [2.24, 2.45) is 23.7 Å². The van der Waals surface area contributed by atoms with Crippen molar-refractivity contribution in [2.45, 2.75) is 84.6 Å². The monoisotopic (exact) mass is 265 g/mol. The van der Waals surface area contributed by atoms with Crippen LogP contribution in [0.25, 0.3) is 0 Å². The summed E-state index contributed by atoms with van der Waals surface area (Å²) in [6, 6.07) is 0.817. The van der Waals surface area contributed by atoms with Crippen molar-refractivity contribution >= 4 is 0 Å². The Kier molecular flexibility index (Phi) is 6.19. The second-order valence-electron chi connectivity index (χ2n) is 7.64. The first-order valence-electron chi connectivity index (χ1n) is 8.90. The van der Waals surface area contributed by atoms with Crippen molar-refractivity contribution in [1.82, 2.24) is 5.32 Å². The fourth-order valence-electron chi connectivity index (χ4n) is 4.22. The Hall–Kier alpha value is -0.0400. The van der Waals surface area contributed by atoms with E-state index in [2.05, 4.69) is 26.1 Å². The van der Waals surface area contributed by atoms with E-state index in [4.69, 9.17) is 0 Å². The highest BCUT2D eigenvalue weighted by atomic mass is 14.9. The van der Waals surface area contributed by atoms with Gasteiger partial charge in [-0.05, 0) is 55.9 Å². The zero-order valence-electron chi connectivity index (χ0n) is 13.5. The zero-order valence-corrected chi connectivity index (χ0v) is 13.5. The van der Waals surface area contributed by atoms with Gasteiger partial charge >= 0.3 is 0 Å². The summed E-state index contributed by atoms with van der Waals surface area (Å²) in [6.45, 7) is 8.57. The van der Waals surface area contributed by atoms with E-state index in [9.17, 15) is 0 Å². The summed E-state index contributed by atoms with van der Waals surface area (Å²) >= 11 is 0. The lowest BCUT2D eigenvalue weighted by atomic mass is 9.80. The second kappa shape index (κ2) is 7.67. The summed E-state index contributed by atoms with van der Waals surface area (Å²) in [4.78, 5) is 0. The average Bonchev–Trinajstić information content (AvgIpc) is 2.63. The first-order chi connectivity index (χ1) is 9.16. The molecule has 2 saturated carbocycles. The molecule has 1 heteroatoms. The normalized spacial score (nSPS) is 37.3. The predicted octanol–water partition coefficient (Wildman–Crippen LogP) is 5.01. The van der Waals surface area contributed by atoms with Crippen LogP contribution in [0.5, 0.6) is 0 Å². The third-order valence-corrected chi connectivity index (χ3v) is 5.91. The Morgan fingerprint density at radius 1 is 0.895 bits per heavy atom. The molecule has 112 valence electrons. The third-order valence-electron chi connectivity index (χ3n) is 5.91. The molecule has 0 aromatic heterocycles. The first kappa shape index (κ1) is 15.4. The molecular formula is C18H35N. The van der Waals surface area contributed by atoms with Crippen LogP contribution in [0.3, 0.4) is 0 Å². The highest BCUT2D eigenvalue weighted by molar-refractivity contribution is 4.80. The van der Waals surface area contributed by atoms with Crippen LogP contribution in [0.4, 0.5) is 0 Å². The Morgan fingerprint density at radius 2 is 1.68 bits per heavy atom. The van der Waals surface area contributed by atoms with E-state index in [1.165, 1.54) is 64.3 Å². The first-order valence-corrected chi connectivity index (χ1v) is 8.90. The third kappa shape index (κ3) is 4.77. The van der Waals surface area contributed by atoms with E-state index in [1.54, 1.807) is 0 Å². The van der Waals surface area contributed by atoms with Crippen LogP contribution in [0.15, 0.2) is 0 Å². The van der Waals surface area contributed by atoms with E-state index in [0.29, 0.717) is 0 Å². The van der Waals surface area contributed by atoms with E-state index in [-0.39, 0.29) is 0 Å². The molecule has 0 heterocycles. The van der Waals surface area contributed by atoms with Gasteiger partial charge in [0, 0.05) is 6.04 Å². The van der Waals surface area contributed by atoms with Gasteiger partial charge in [0.15, 0.2) is 0 Å². The molecule has 1 nitrogen and oxygen atoms in total. The van der Waals surface area contributed by atoms with E-state index >= 15 is 0 Å². The van der Waals surface area contributed by atoms with Gasteiger partial charge in [-0.2, -0.15) is 0 Å². The van der Waals surface area contributed by atoms with Crippen LogP contribution in [0.2, 0.25) is 0 Å². The van der Waals surface area contributed by atoms with E-state index < -0.39 is 0 Å². The van der Waals surface area contributed by atoms with Crippen molar-refractivity contribution in [3.8, 4) is 0 Å². The van der Waals surface area contributed by atoms with Crippen LogP contribution < -0.4 is 5.32 Å². The number of hydrogen-bond donors (Lipinski definition) is 1. The summed E-state index contributed by atoms with van der Waals surface area (Å²) < 4.78 is 0. The maximum atomic E-state index is 3.92. The van der Waals surface area contributed by atoms with Crippen molar-refractivity contribution in [3.63, 3.8) is 0 Å².